The number of benzene rings is 1. The number of aryl methyl sites for hydroxylation is 1. The van der Waals surface area contributed by atoms with Gasteiger partial charge in [0.15, 0.2) is 0 Å². The van der Waals surface area contributed by atoms with Gasteiger partial charge in [0.1, 0.15) is 5.01 Å². The number of carboxylic acids is 1. The van der Waals surface area contributed by atoms with Crippen molar-refractivity contribution >= 4 is 17.3 Å². The summed E-state index contributed by atoms with van der Waals surface area (Å²) >= 11 is 1.49. The van der Waals surface area contributed by atoms with Gasteiger partial charge in [0.25, 0.3) is 0 Å². The van der Waals surface area contributed by atoms with Gasteiger partial charge in [-0.2, -0.15) is 0 Å². The topological polar surface area (TPSA) is 50.2 Å². The molecule has 0 spiro atoms. The van der Waals surface area contributed by atoms with E-state index in [9.17, 15) is 4.79 Å². The Balaban J connectivity index is 2.55. The van der Waals surface area contributed by atoms with Gasteiger partial charge in [-0.25, -0.2) is 4.98 Å². The maximum atomic E-state index is 11.0. The zero-order chi connectivity index (χ0) is 14.9. The van der Waals surface area contributed by atoms with Crippen LogP contribution in [0.1, 0.15) is 36.9 Å². The van der Waals surface area contributed by atoms with Gasteiger partial charge >= 0.3 is 5.97 Å². The molecular weight excluding hydrogens is 270 g/mol. The number of hydrogen-bond acceptors (Lipinski definition) is 3. The normalized spacial score (nSPS) is 11.6. The fourth-order valence-corrected chi connectivity index (χ4v) is 3.48. The van der Waals surface area contributed by atoms with Gasteiger partial charge in [0.05, 0.1) is 12.1 Å². The van der Waals surface area contributed by atoms with Crippen LogP contribution in [-0.4, -0.2) is 16.1 Å². The van der Waals surface area contributed by atoms with Crippen LogP contribution in [0.15, 0.2) is 24.3 Å². The zero-order valence-electron chi connectivity index (χ0n) is 12.2. The lowest BCUT2D eigenvalue weighted by Gasteiger charge is -2.17. The third-order valence-corrected chi connectivity index (χ3v) is 4.18. The number of thiazole rings is 1. The van der Waals surface area contributed by atoms with Crippen LogP contribution < -0.4 is 0 Å². The zero-order valence-corrected chi connectivity index (χ0v) is 13.0. The molecule has 0 fully saturated rings. The van der Waals surface area contributed by atoms with E-state index in [-0.39, 0.29) is 11.8 Å². The number of nitrogens with zero attached hydrogens (tertiary/aromatic N) is 1. The first-order chi connectivity index (χ1) is 9.29. The molecule has 0 aliphatic carbocycles. The van der Waals surface area contributed by atoms with E-state index < -0.39 is 5.97 Å². The van der Waals surface area contributed by atoms with E-state index in [1.54, 1.807) is 0 Å². The lowest BCUT2D eigenvalue weighted by molar-refractivity contribution is -0.136. The Bertz CT molecular complexity index is 638. The van der Waals surface area contributed by atoms with Crippen molar-refractivity contribution in [2.24, 2.45) is 0 Å². The summed E-state index contributed by atoms with van der Waals surface area (Å²) in [5, 5.41) is 9.98. The Morgan fingerprint density at radius 3 is 2.50 bits per heavy atom. The summed E-state index contributed by atoms with van der Waals surface area (Å²) < 4.78 is 0. The van der Waals surface area contributed by atoms with Crippen LogP contribution in [0.2, 0.25) is 0 Å². The lowest BCUT2D eigenvalue weighted by Crippen LogP contribution is -2.15. The Morgan fingerprint density at radius 1 is 1.30 bits per heavy atom. The average Bonchev–Trinajstić information content (AvgIpc) is 2.72. The molecule has 0 saturated heterocycles. The van der Waals surface area contributed by atoms with Gasteiger partial charge in [0.2, 0.25) is 0 Å². The fourth-order valence-electron chi connectivity index (χ4n) is 2.12. The van der Waals surface area contributed by atoms with Crippen LogP contribution >= 0.6 is 11.3 Å². The van der Waals surface area contributed by atoms with Crippen LogP contribution in [0, 0.1) is 6.92 Å². The van der Waals surface area contributed by atoms with Crippen molar-refractivity contribution in [3.8, 4) is 10.6 Å². The summed E-state index contributed by atoms with van der Waals surface area (Å²) in [7, 11) is 0. The molecule has 1 heterocycles. The number of aliphatic carboxylic acids is 1. The molecule has 3 nitrogen and oxygen atoms in total. The molecule has 0 bridgehead atoms. The first-order valence-electron chi connectivity index (χ1n) is 6.57. The molecule has 4 heteroatoms. The highest BCUT2D eigenvalue weighted by atomic mass is 32.1. The second kappa shape index (κ2) is 5.37. The minimum atomic E-state index is -0.810. The maximum Gasteiger partial charge on any atom is 0.308 e. The Hall–Kier alpha value is -1.68. The second-order valence-corrected chi connectivity index (χ2v) is 7.01. The minimum absolute atomic E-state index is 0.0378. The van der Waals surface area contributed by atoms with Crippen molar-refractivity contribution in [1.29, 1.82) is 0 Å². The first-order valence-corrected chi connectivity index (χ1v) is 7.38. The summed E-state index contributed by atoms with van der Waals surface area (Å²) in [5.74, 6) is -0.810. The van der Waals surface area contributed by atoms with Crippen LogP contribution in [0.25, 0.3) is 10.6 Å². The minimum Gasteiger partial charge on any atom is -0.481 e. The Labute approximate surface area is 123 Å². The maximum absolute atomic E-state index is 11.0. The average molecular weight is 289 g/mol. The highest BCUT2D eigenvalue weighted by molar-refractivity contribution is 7.15. The van der Waals surface area contributed by atoms with Gasteiger partial charge in [0, 0.05) is 15.9 Å². The molecule has 0 aliphatic rings. The molecule has 1 aromatic heterocycles. The van der Waals surface area contributed by atoms with E-state index in [1.165, 1.54) is 11.3 Å². The van der Waals surface area contributed by atoms with E-state index in [0.29, 0.717) is 0 Å². The molecular formula is C16H19NO2S. The summed E-state index contributed by atoms with van der Waals surface area (Å²) in [6.07, 6.45) is 0.0378. The molecule has 0 amide bonds. The molecule has 0 aliphatic heterocycles. The largest absolute Gasteiger partial charge is 0.481 e. The van der Waals surface area contributed by atoms with E-state index in [1.807, 2.05) is 31.2 Å². The van der Waals surface area contributed by atoms with Crippen molar-refractivity contribution in [1.82, 2.24) is 4.98 Å². The van der Waals surface area contributed by atoms with Gasteiger partial charge in [-0.3, -0.25) is 4.79 Å². The smallest absolute Gasteiger partial charge is 0.308 e. The van der Waals surface area contributed by atoms with E-state index in [0.717, 1.165) is 26.7 Å². The van der Waals surface area contributed by atoms with E-state index in [4.69, 9.17) is 10.1 Å². The number of aromatic nitrogens is 1. The quantitative estimate of drug-likeness (QED) is 0.927. The molecule has 0 saturated carbocycles. The van der Waals surface area contributed by atoms with E-state index in [2.05, 4.69) is 20.8 Å². The van der Waals surface area contributed by atoms with Crippen LogP contribution in [0.3, 0.4) is 0 Å². The van der Waals surface area contributed by atoms with Crippen LogP contribution in [-0.2, 0) is 16.6 Å². The third kappa shape index (κ3) is 3.07. The summed E-state index contributed by atoms with van der Waals surface area (Å²) in [6, 6.07) is 8.06. The molecule has 2 aromatic rings. The molecule has 20 heavy (non-hydrogen) atoms. The van der Waals surface area contributed by atoms with E-state index >= 15 is 0 Å². The SMILES string of the molecule is Cc1ccccc1-c1nc(C(C)(C)C)c(CC(=O)O)s1. The first kappa shape index (κ1) is 14.7. The molecule has 0 unspecified atom stereocenters. The highest BCUT2D eigenvalue weighted by Gasteiger charge is 2.25. The second-order valence-electron chi connectivity index (χ2n) is 5.93. The highest BCUT2D eigenvalue weighted by Crippen LogP contribution is 2.35. The van der Waals surface area contributed by atoms with Gasteiger partial charge in [-0.15, -0.1) is 11.3 Å². The van der Waals surface area contributed by atoms with Crippen molar-refractivity contribution in [3.63, 3.8) is 0 Å². The number of carbonyl (C=O) groups is 1. The van der Waals surface area contributed by atoms with Crippen molar-refractivity contribution in [3.05, 3.63) is 40.4 Å². The fraction of sp³-hybridized carbons (Fsp3) is 0.375. The monoisotopic (exact) mass is 289 g/mol. The van der Waals surface area contributed by atoms with Gasteiger partial charge < -0.3 is 5.11 Å². The third-order valence-electron chi connectivity index (χ3n) is 3.10. The lowest BCUT2D eigenvalue weighted by atomic mass is 9.90. The Kier molecular flexibility index (Phi) is 3.95. The standard InChI is InChI=1S/C16H19NO2S/c1-10-7-5-6-8-11(10)15-17-14(16(2,3)4)12(20-15)9-13(18)19/h5-8H,9H2,1-4H3,(H,18,19). The predicted octanol–water partition coefficient (Wildman–Crippen LogP) is 4.04. The molecule has 0 atom stereocenters. The van der Waals surface area contributed by atoms with Crippen molar-refractivity contribution < 1.29 is 9.90 Å². The predicted molar refractivity (Wildman–Crippen MR) is 82.3 cm³/mol. The summed E-state index contributed by atoms with van der Waals surface area (Å²) in [6.45, 7) is 8.24. The molecule has 106 valence electrons. The van der Waals surface area contributed by atoms with Gasteiger partial charge in [-0.05, 0) is 12.5 Å². The van der Waals surface area contributed by atoms with Crippen LogP contribution in [0.4, 0.5) is 0 Å². The van der Waals surface area contributed by atoms with Crippen molar-refractivity contribution in [2.75, 3.05) is 0 Å². The van der Waals surface area contributed by atoms with Crippen LogP contribution in [0.5, 0.6) is 0 Å². The summed E-state index contributed by atoms with van der Waals surface area (Å²) in [5.41, 5.74) is 2.98. The molecule has 1 N–H and O–H groups in total. The number of rotatable bonds is 3. The Morgan fingerprint density at radius 2 is 1.95 bits per heavy atom. The van der Waals surface area contributed by atoms with Crippen molar-refractivity contribution in [2.45, 2.75) is 39.5 Å². The molecule has 2 rings (SSSR count). The summed E-state index contributed by atoms with van der Waals surface area (Å²) in [4.78, 5) is 16.6. The number of carboxylic acid groups (broad SMARTS) is 1. The van der Waals surface area contributed by atoms with Gasteiger partial charge in [-0.1, -0.05) is 45.0 Å². The molecule has 0 radical (unpaired) electrons. The molecule has 1 aromatic carbocycles. The number of hydrogen-bond donors (Lipinski definition) is 1.